The molecule has 27 heavy (non-hydrogen) atoms. The molecule has 1 aliphatic rings. The van der Waals surface area contributed by atoms with Gasteiger partial charge >= 0.3 is 0 Å². The molecule has 0 unspecified atom stereocenters. The molecule has 0 aliphatic carbocycles. The molecule has 8 heteroatoms. The zero-order valence-corrected chi connectivity index (χ0v) is 16.2. The monoisotopic (exact) mass is 401 g/mol. The number of benzene rings is 1. The average molecular weight is 402 g/mol. The van der Waals surface area contributed by atoms with E-state index >= 15 is 0 Å². The molecule has 0 fully saturated rings. The quantitative estimate of drug-likeness (QED) is 0.680. The minimum atomic E-state index is -0.671. The molecule has 0 saturated carbocycles. The number of hydrogen-bond acceptors (Lipinski definition) is 6. The number of aromatic nitrogens is 1. The maximum absolute atomic E-state index is 12.5. The first-order valence-electron chi connectivity index (χ1n) is 8.33. The number of anilines is 1. The Morgan fingerprint density at radius 2 is 2.15 bits per heavy atom. The second-order valence-corrected chi connectivity index (χ2v) is 7.89. The van der Waals surface area contributed by atoms with Crippen molar-refractivity contribution in [1.82, 2.24) is 4.98 Å². The van der Waals surface area contributed by atoms with Gasteiger partial charge in [0, 0.05) is 17.7 Å². The van der Waals surface area contributed by atoms with Gasteiger partial charge in [-0.05, 0) is 44.2 Å². The van der Waals surface area contributed by atoms with E-state index in [1.165, 1.54) is 11.3 Å². The van der Waals surface area contributed by atoms with Crippen LogP contribution in [0.2, 0.25) is 4.34 Å². The fourth-order valence-corrected chi connectivity index (χ4v) is 3.71. The lowest BCUT2D eigenvalue weighted by Gasteiger charge is -2.10. The van der Waals surface area contributed by atoms with E-state index in [0.717, 1.165) is 27.6 Å². The first-order chi connectivity index (χ1) is 13.0. The number of oxazole rings is 1. The van der Waals surface area contributed by atoms with Crippen molar-refractivity contribution in [3.05, 3.63) is 57.1 Å². The van der Waals surface area contributed by atoms with Crippen LogP contribution in [0.15, 0.2) is 46.0 Å². The van der Waals surface area contributed by atoms with Gasteiger partial charge in [0.05, 0.1) is 14.9 Å². The predicted octanol–water partition coefficient (Wildman–Crippen LogP) is 4.81. The van der Waals surface area contributed by atoms with Gasteiger partial charge in [-0.25, -0.2) is 4.98 Å². The van der Waals surface area contributed by atoms with Crippen molar-refractivity contribution < 1.29 is 14.0 Å². The summed E-state index contributed by atoms with van der Waals surface area (Å²) in [6, 6.07) is 11.0. The van der Waals surface area contributed by atoms with Crippen molar-refractivity contribution >= 4 is 40.2 Å². The first-order valence-corrected chi connectivity index (χ1v) is 9.53. The highest BCUT2D eigenvalue weighted by Crippen LogP contribution is 2.27. The molecule has 6 nitrogen and oxygen atoms in total. The Bertz CT molecular complexity index is 1020. The maximum atomic E-state index is 12.5. The lowest BCUT2D eigenvalue weighted by Crippen LogP contribution is -2.27. The lowest BCUT2D eigenvalue weighted by molar-refractivity contribution is -0.125. The summed E-state index contributed by atoms with van der Waals surface area (Å²) < 4.78 is 6.32. The van der Waals surface area contributed by atoms with Crippen LogP contribution in [0, 0.1) is 13.8 Å². The van der Waals surface area contributed by atoms with Crippen LogP contribution in [0.25, 0.3) is 11.5 Å². The molecule has 1 amide bonds. The molecular weight excluding hydrogens is 386 g/mol. The fraction of sp³-hybridized carbons (Fsp3) is 0.211. The van der Waals surface area contributed by atoms with Gasteiger partial charge in [0.1, 0.15) is 11.5 Å². The SMILES string of the molecule is Cc1nc(-c2cccc(NC(=O)[C@@H]3CC(c4ccc(Cl)s4)=NO3)c2)oc1C. The molecule has 0 saturated heterocycles. The van der Waals surface area contributed by atoms with E-state index in [2.05, 4.69) is 15.5 Å². The Labute approximate surface area is 164 Å². The molecule has 1 aromatic carbocycles. The highest BCUT2D eigenvalue weighted by atomic mass is 35.5. The third kappa shape index (κ3) is 3.74. The second-order valence-electron chi connectivity index (χ2n) is 6.17. The van der Waals surface area contributed by atoms with Gasteiger partial charge in [0.2, 0.25) is 12.0 Å². The number of amides is 1. The van der Waals surface area contributed by atoms with Crippen LogP contribution in [0.5, 0.6) is 0 Å². The molecule has 138 valence electrons. The van der Waals surface area contributed by atoms with Crippen molar-refractivity contribution in [2.24, 2.45) is 5.16 Å². The fourth-order valence-electron chi connectivity index (χ4n) is 2.68. The van der Waals surface area contributed by atoms with Gasteiger partial charge in [-0.1, -0.05) is 22.8 Å². The molecule has 0 radical (unpaired) electrons. The van der Waals surface area contributed by atoms with Crippen LogP contribution in [0.4, 0.5) is 5.69 Å². The smallest absolute Gasteiger partial charge is 0.268 e. The Morgan fingerprint density at radius 3 is 2.85 bits per heavy atom. The molecule has 0 spiro atoms. The van der Waals surface area contributed by atoms with E-state index in [1.807, 2.05) is 38.1 Å². The summed E-state index contributed by atoms with van der Waals surface area (Å²) in [7, 11) is 0. The number of nitrogens with one attached hydrogen (secondary N) is 1. The molecule has 1 aliphatic heterocycles. The molecule has 3 heterocycles. The number of aryl methyl sites for hydroxylation is 2. The molecule has 4 rings (SSSR count). The van der Waals surface area contributed by atoms with Crippen molar-refractivity contribution in [1.29, 1.82) is 0 Å². The van der Waals surface area contributed by atoms with Gasteiger partial charge < -0.3 is 14.6 Å². The van der Waals surface area contributed by atoms with Crippen LogP contribution >= 0.6 is 22.9 Å². The van der Waals surface area contributed by atoms with E-state index in [-0.39, 0.29) is 5.91 Å². The number of carbonyl (C=O) groups excluding carboxylic acids is 1. The largest absolute Gasteiger partial charge is 0.441 e. The molecule has 0 bridgehead atoms. The van der Waals surface area contributed by atoms with Crippen LogP contribution < -0.4 is 5.32 Å². The second kappa shape index (κ2) is 7.17. The van der Waals surface area contributed by atoms with E-state index in [0.29, 0.717) is 22.3 Å². The molecule has 1 N–H and O–H groups in total. The molecule has 2 aromatic heterocycles. The summed E-state index contributed by atoms with van der Waals surface area (Å²) in [5, 5.41) is 6.89. The number of thiophene rings is 1. The minimum Gasteiger partial charge on any atom is -0.441 e. The number of carbonyl (C=O) groups is 1. The standard InChI is InChI=1S/C19H16ClN3O3S/c1-10-11(2)25-19(21-10)12-4-3-5-13(8-12)22-18(24)15-9-14(23-26-15)16-6-7-17(20)27-16/h3-8,15H,9H2,1-2H3,(H,22,24)/t15-/m0/s1. The summed E-state index contributed by atoms with van der Waals surface area (Å²) in [4.78, 5) is 23.1. The highest BCUT2D eigenvalue weighted by Gasteiger charge is 2.29. The third-order valence-electron chi connectivity index (χ3n) is 4.22. The first kappa shape index (κ1) is 17.8. The summed E-state index contributed by atoms with van der Waals surface area (Å²) in [6.07, 6.45) is -0.267. The van der Waals surface area contributed by atoms with Gasteiger partial charge in [0.15, 0.2) is 0 Å². The van der Waals surface area contributed by atoms with Crippen LogP contribution in [-0.2, 0) is 9.63 Å². The van der Waals surface area contributed by atoms with E-state index in [4.69, 9.17) is 20.9 Å². The van der Waals surface area contributed by atoms with E-state index < -0.39 is 6.10 Å². The predicted molar refractivity (Wildman–Crippen MR) is 105 cm³/mol. The Morgan fingerprint density at radius 1 is 1.30 bits per heavy atom. The van der Waals surface area contributed by atoms with Crippen LogP contribution in [0.1, 0.15) is 22.8 Å². The maximum Gasteiger partial charge on any atom is 0.268 e. The normalized spacial score (nSPS) is 16.1. The molecule has 3 aromatic rings. The summed E-state index contributed by atoms with van der Waals surface area (Å²) in [5.74, 6) is 1.05. The van der Waals surface area contributed by atoms with Crippen molar-refractivity contribution in [2.45, 2.75) is 26.4 Å². The lowest BCUT2D eigenvalue weighted by atomic mass is 10.1. The number of rotatable bonds is 4. The van der Waals surface area contributed by atoms with Crippen molar-refractivity contribution in [2.75, 3.05) is 5.32 Å². The van der Waals surface area contributed by atoms with E-state index in [1.54, 1.807) is 12.1 Å². The zero-order chi connectivity index (χ0) is 19.0. The third-order valence-corrected chi connectivity index (χ3v) is 5.50. The minimum absolute atomic E-state index is 0.256. The van der Waals surface area contributed by atoms with Crippen molar-refractivity contribution in [3.63, 3.8) is 0 Å². The Kier molecular flexibility index (Phi) is 4.72. The summed E-state index contributed by atoms with van der Waals surface area (Å²) in [5.41, 5.74) is 3.01. The van der Waals surface area contributed by atoms with Crippen molar-refractivity contribution in [3.8, 4) is 11.5 Å². The van der Waals surface area contributed by atoms with Crippen LogP contribution in [-0.4, -0.2) is 22.7 Å². The molecular formula is C19H16ClN3O3S. The number of halogens is 1. The number of nitrogens with zero attached hydrogens (tertiary/aromatic N) is 2. The average Bonchev–Trinajstić information content (AvgIpc) is 3.36. The van der Waals surface area contributed by atoms with Gasteiger partial charge in [-0.15, -0.1) is 11.3 Å². The number of oxime groups is 1. The van der Waals surface area contributed by atoms with Gasteiger partial charge in [-0.3, -0.25) is 4.79 Å². The van der Waals surface area contributed by atoms with E-state index in [9.17, 15) is 4.79 Å². The Hall–Kier alpha value is -2.64. The van der Waals surface area contributed by atoms with Gasteiger partial charge in [-0.2, -0.15) is 0 Å². The highest BCUT2D eigenvalue weighted by molar-refractivity contribution is 7.18. The molecule has 1 atom stereocenters. The summed E-state index contributed by atoms with van der Waals surface area (Å²) >= 11 is 7.36. The zero-order valence-electron chi connectivity index (χ0n) is 14.7. The van der Waals surface area contributed by atoms with Crippen LogP contribution in [0.3, 0.4) is 0 Å². The Balaban J connectivity index is 1.44. The number of hydrogen-bond donors (Lipinski definition) is 1. The van der Waals surface area contributed by atoms with Gasteiger partial charge in [0.25, 0.3) is 5.91 Å². The summed E-state index contributed by atoms with van der Waals surface area (Å²) in [6.45, 7) is 3.76. The topological polar surface area (TPSA) is 76.7 Å².